The van der Waals surface area contributed by atoms with Gasteiger partial charge in [0.25, 0.3) is 5.91 Å². The minimum absolute atomic E-state index is 0.0681. The molecule has 35 heavy (non-hydrogen) atoms. The van der Waals surface area contributed by atoms with Gasteiger partial charge in [-0.15, -0.1) is 11.3 Å². The first-order chi connectivity index (χ1) is 16.6. The van der Waals surface area contributed by atoms with E-state index in [2.05, 4.69) is 0 Å². The standard InChI is InChI=1S/C27H28ClFN2O3S/c1-27(2,3)31(26(33)18-5-4-6-19(28)15-18)16-25(32)30-13-11-24-22(12-14-35-24)23(30)17-34-21-9-7-20(29)8-10-21/h4-10,12,14-15,23H,11,13,16-17H2,1-3H3/t23-/m1/s1. The average molecular weight is 515 g/mol. The van der Waals surface area contributed by atoms with Crippen molar-refractivity contribution in [3.05, 3.63) is 86.8 Å². The Kier molecular flexibility index (Phi) is 7.47. The molecule has 2 amide bonds. The number of halogens is 2. The number of carbonyl (C=O) groups is 2. The van der Waals surface area contributed by atoms with Crippen LogP contribution in [0.15, 0.2) is 60.0 Å². The van der Waals surface area contributed by atoms with Gasteiger partial charge in [-0.3, -0.25) is 9.59 Å². The Morgan fingerprint density at radius 1 is 1.17 bits per heavy atom. The van der Waals surface area contributed by atoms with Crippen LogP contribution in [0.3, 0.4) is 0 Å². The average Bonchev–Trinajstić information content (AvgIpc) is 3.30. The number of amides is 2. The second-order valence-electron chi connectivity index (χ2n) is 9.49. The number of ether oxygens (including phenoxy) is 1. The van der Waals surface area contributed by atoms with Crippen molar-refractivity contribution in [2.75, 3.05) is 19.7 Å². The van der Waals surface area contributed by atoms with Crippen molar-refractivity contribution in [1.82, 2.24) is 9.80 Å². The molecular formula is C27H28ClFN2O3S. The number of nitrogens with zero attached hydrogens (tertiary/aromatic N) is 2. The number of thiophene rings is 1. The molecule has 0 saturated heterocycles. The fraction of sp³-hybridized carbons (Fsp3) is 0.333. The molecule has 0 N–H and O–H groups in total. The van der Waals surface area contributed by atoms with Crippen molar-refractivity contribution in [2.45, 2.75) is 38.8 Å². The number of benzene rings is 2. The molecule has 3 aromatic rings. The third kappa shape index (κ3) is 5.85. The lowest BCUT2D eigenvalue weighted by atomic mass is 9.99. The number of fused-ring (bicyclic) bond motifs is 1. The van der Waals surface area contributed by atoms with Crippen molar-refractivity contribution in [3.8, 4) is 5.75 Å². The molecule has 4 rings (SSSR count). The molecule has 0 spiro atoms. The SMILES string of the molecule is CC(C)(C)N(CC(=O)N1CCc2sccc2[C@H]1COc1ccc(F)cc1)C(=O)c1cccc(Cl)c1. The summed E-state index contributed by atoms with van der Waals surface area (Å²) in [5.41, 5.74) is 0.911. The lowest BCUT2D eigenvalue weighted by molar-refractivity contribution is -0.136. The largest absolute Gasteiger partial charge is 0.491 e. The Bertz CT molecular complexity index is 1210. The molecule has 0 radical (unpaired) electrons. The maximum atomic E-state index is 13.7. The quantitative estimate of drug-likeness (QED) is 0.406. The van der Waals surface area contributed by atoms with Gasteiger partial charge in [-0.1, -0.05) is 17.7 Å². The van der Waals surface area contributed by atoms with E-state index in [4.69, 9.17) is 16.3 Å². The van der Waals surface area contributed by atoms with Crippen molar-refractivity contribution >= 4 is 34.8 Å². The Morgan fingerprint density at radius 2 is 1.91 bits per heavy atom. The lowest BCUT2D eigenvalue weighted by Gasteiger charge is -2.40. The predicted molar refractivity (Wildman–Crippen MR) is 137 cm³/mol. The molecule has 1 atom stereocenters. The molecule has 2 aromatic carbocycles. The van der Waals surface area contributed by atoms with Gasteiger partial charge in [0, 0.05) is 27.5 Å². The van der Waals surface area contributed by atoms with Crippen LogP contribution in [0, 0.1) is 5.82 Å². The number of hydrogen-bond donors (Lipinski definition) is 0. The van der Waals surface area contributed by atoms with Crippen LogP contribution < -0.4 is 4.74 Å². The summed E-state index contributed by atoms with van der Waals surface area (Å²) in [4.78, 5) is 31.6. The van der Waals surface area contributed by atoms with Gasteiger partial charge in [0.1, 0.15) is 24.7 Å². The summed E-state index contributed by atoms with van der Waals surface area (Å²) < 4.78 is 19.2. The molecule has 0 fully saturated rings. The monoisotopic (exact) mass is 514 g/mol. The molecule has 2 heterocycles. The van der Waals surface area contributed by atoms with Crippen LogP contribution in [0.1, 0.15) is 47.6 Å². The Labute approximate surface area is 214 Å². The summed E-state index contributed by atoms with van der Waals surface area (Å²) in [7, 11) is 0. The molecule has 0 unspecified atom stereocenters. The first-order valence-electron chi connectivity index (χ1n) is 11.4. The van der Waals surface area contributed by atoms with Gasteiger partial charge in [0.05, 0.1) is 6.04 Å². The smallest absolute Gasteiger partial charge is 0.254 e. The van der Waals surface area contributed by atoms with Crippen molar-refractivity contribution < 1.29 is 18.7 Å². The van der Waals surface area contributed by atoms with Crippen LogP contribution in [0.4, 0.5) is 4.39 Å². The van der Waals surface area contributed by atoms with E-state index in [-0.39, 0.29) is 36.8 Å². The van der Waals surface area contributed by atoms with E-state index < -0.39 is 5.54 Å². The van der Waals surface area contributed by atoms with E-state index in [9.17, 15) is 14.0 Å². The van der Waals surface area contributed by atoms with E-state index in [1.807, 2.05) is 32.2 Å². The van der Waals surface area contributed by atoms with Gasteiger partial charge in [0.2, 0.25) is 5.91 Å². The fourth-order valence-corrected chi connectivity index (χ4v) is 5.32. The van der Waals surface area contributed by atoms with E-state index >= 15 is 0 Å². The van der Waals surface area contributed by atoms with Crippen LogP contribution in [0.5, 0.6) is 5.75 Å². The third-order valence-electron chi connectivity index (χ3n) is 6.06. The van der Waals surface area contributed by atoms with Crippen LogP contribution in [0.25, 0.3) is 0 Å². The van der Waals surface area contributed by atoms with Gasteiger partial charge >= 0.3 is 0 Å². The third-order valence-corrected chi connectivity index (χ3v) is 7.29. The van der Waals surface area contributed by atoms with Gasteiger partial charge in [-0.25, -0.2) is 4.39 Å². The second kappa shape index (κ2) is 10.4. The summed E-state index contributed by atoms with van der Waals surface area (Å²) in [6.45, 7) is 6.43. The minimum atomic E-state index is -0.585. The molecule has 1 aliphatic heterocycles. The first kappa shape index (κ1) is 25.2. The summed E-state index contributed by atoms with van der Waals surface area (Å²) in [6, 6.07) is 14.3. The highest BCUT2D eigenvalue weighted by Crippen LogP contribution is 2.34. The maximum Gasteiger partial charge on any atom is 0.254 e. The van der Waals surface area contributed by atoms with E-state index in [0.29, 0.717) is 22.9 Å². The zero-order valence-corrected chi connectivity index (χ0v) is 21.5. The Balaban J connectivity index is 1.56. The molecule has 0 bridgehead atoms. The van der Waals surface area contributed by atoms with E-state index in [1.165, 1.54) is 17.0 Å². The van der Waals surface area contributed by atoms with Gasteiger partial charge < -0.3 is 14.5 Å². The highest BCUT2D eigenvalue weighted by Gasteiger charge is 2.36. The Hall–Kier alpha value is -2.90. The molecule has 5 nitrogen and oxygen atoms in total. The molecular weight excluding hydrogens is 487 g/mol. The fourth-order valence-electron chi connectivity index (χ4n) is 4.20. The second-order valence-corrected chi connectivity index (χ2v) is 10.9. The van der Waals surface area contributed by atoms with E-state index in [0.717, 1.165) is 12.0 Å². The van der Waals surface area contributed by atoms with Crippen LogP contribution in [0.2, 0.25) is 5.02 Å². The normalized spacial score (nSPS) is 15.5. The summed E-state index contributed by atoms with van der Waals surface area (Å²) in [6.07, 6.45) is 0.754. The van der Waals surface area contributed by atoms with Crippen molar-refractivity contribution in [1.29, 1.82) is 0 Å². The number of carbonyl (C=O) groups excluding carboxylic acids is 2. The number of hydrogen-bond acceptors (Lipinski definition) is 4. The topological polar surface area (TPSA) is 49.9 Å². The molecule has 8 heteroatoms. The van der Waals surface area contributed by atoms with Crippen LogP contribution in [-0.4, -0.2) is 46.8 Å². The summed E-state index contributed by atoms with van der Waals surface area (Å²) in [5.74, 6) is -0.201. The zero-order valence-electron chi connectivity index (χ0n) is 20.0. The van der Waals surface area contributed by atoms with Crippen molar-refractivity contribution in [3.63, 3.8) is 0 Å². The zero-order chi connectivity index (χ0) is 25.2. The highest BCUT2D eigenvalue weighted by atomic mass is 35.5. The molecule has 184 valence electrons. The molecule has 1 aliphatic rings. The van der Waals surface area contributed by atoms with Gasteiger partial charge in [-0.2, -0.15) is 0 Å². The number of rotatable bonds is 6. The highest BCUT2D eigenvalue weighted by molar-refractivity contribution is 7.10. The maximum absolute atomic E-state index is 13.7. The van der Waals surface area contributed by atoms with E-state index in [1.54, 1.807) is 57.5 Å². The molecule has 0 aliphatic carbocycles. The van der Waals surface area contributed by atoms with Gasteiger partial charge in [0.15, 0.2) is 0 Å². The lowest BCUT2D eigenvalue weighted by Crippen LogP contribution is -2.53. The molecule has 1 aromatic heterocycles. The van der Waals surface area contributed by atoms with Gasteiger partial charge in [-0.05, 0) is 86.7 Å². The minimum Gasteiger partial charge on any atom is -0.491 e. The first-order valence-corrected chi connectivity index (χ1v) is 12.7. The van der Waals surface area contributed by atoms with Crippen molar-refractivity contribution in [2.24, 2.45) is 0 Å². The predicted octanol–water partition coefficient (Wildman–Crippen LogP) is 5.99. The van der Waals surface area contributed by atoms with Crippen LogP contribution >= 0.6 is 22.9 Å². The summed E-state index contributed by atoms with van der Waals surface area (Å²) >= 11 is 7.77. The van der Waals surface area contributed by atoms with Crippen LogP contribution in [-0.2, 0) is 11.2 Å². The summed E-state index contributed by atoms with van der Waals surface area (Å²) in [5, 5.41) is 2.49. The Morgan fingerprint density at radius 3 is 2.60 bits per heavy atom. The molecule has 0 saturated carbocycles.